The van der Waals surface area contributed by atoms with Gasteiger partial charge in [-0.2, -0.15) is 0 Å². The summed E-state index contributed by atoms with van der Waals surface area (Å²) in [6.45, 7) is 0.614. The van der Waals surface area contributed by atoms with E-state index in [1.54, 1.807) is 23.4 Å². The van der Waals surface area contributed by atoms with Crippen molar-refractivity contribution in [2.75, 3.05) is 18.6 Å². The average Bonchev–Trinajstić information content (AvgIpc) is 2.69. The molecular weight excluding hydrogens is 208 g/mol. The van der Waals surface area contributed by atoms with Crippen LogP contribution in [0.15, 0.2) is 23.6 Å². The number of carbonyl (C=O) groups is 1. The van der Waals surface area contributed by atoms with Crippen LogP contribution in [0.1, 0.15) is 6.42 Å². The van der Waals surface area contributed by atoms with E-state index in [0.717, 1.165) is 0 Å². The van der Waals surface area contributed by atoms with Crippen molar-refractivity contribution in [2.45, 2.75) is 6.42 Å². The molecule has 0 radical (unpaired) electrons. The predicted molar refractivity (Wildman–Crippen MR) is 58.0 cm³/mol. The summed E-state index contributed by atoms with van der Waals surface area (Å²) in [6.07, 6.45) is 5.47. The van der Waals surface area contributed by atoms with E-state index >= 15 is 0 Å². The van der Waals surface area contributed by atoms with E-state index in [-0.39, 0.29) is 11.8 Å². The molecule has 84 valence electrons. The highest BCUT2D eigenvalue weighted by molar-refractivity contribution is 6.04. The van der Waals surface area contributed by atoms with Crippen molar-refractivity contribution in [3.05, 3.63) is 18.5 Å². The molecule has 0 aromatic carbocycles. The topological polar surface area (TPSA) is 67.7 Å². The van der Waals surface area contributed by atoms with E-state index in [1.807, 2.05) is 0 Å². The Kier molecular flexibility index (Phi) is 3.09. The number of anilines is 1. The molecular formula is C10H12N4O2. The highest BCUT2D eigenvalue weighted by Crippen LogP contribution is 2.20. The summed E-state index contributed by atoms with van der Waals surface area (Å²) in [5.41, 5.74) is 0. The monoisotopic (exact) mass is 220 g/mol. The van der Waals surface area contributed by atoms with Crippen molar-refractivity contribution < 1.29 is 9.63 Å². The minimum atomic E-state index is -0.233. The van der Waals surface area contributed by atoms with Gasteiger partial charge in [0, 0.05) is 18.9 Å². The number of oxime groups is 1. The summed E-state index contributed by atoms with van der Waals surface area (Å²) in [5.74, 6) is 0.177. The molecule has 6 nitrogen and oxygen atoms in total. The highest BCUT2D eigenvalue weighted by atomic mass is 16.6. The van der Waals surface area contributed by atoms with Crippen LogP contribution in [0.3, 0.4) is 0 Å². The van der Waals surface area contributed by atoms with Crippen LogP contribution in [0.25, 0.3) is 0 Å². The molecule has 2 heterocycles. The lowest BCUT2D eigenvalue weighted by atomic mass is 10.1. The first-order valence-electron chi connectivity index (χ1n) is 4.98. The summed E-state index contributed by atoms with van der Waals surface area (Å²) < 4.78 is 0. The van der Waals surface area contributed by atoms with E-state index in [9.17, 15) is 4.79 Å². The molecule has 1 aliphatic heterocycles. The Balaban J connectivity index is 2.11. The van der Waals surface area contributed by atoms with Crippen molar-refractivity contribution in [3.8, 4) is 0 Å². The summed E-state index contributed by atoms with van der Waals surface area (Å²) in [6, 6.07) is 1.72. The Bertz CT molecular complexity index is 393. The first-order valence-corrected chi connectivity index (χ1v) is 4.98. The average molecular weight is 220 g/mol. The molecule has 0 N–H and O–H groups in total. The summed E-state index contributed by atoms with van der Waals surface area (Å²) >= 11 is 0. The molecule has 1 saturated heterocycles. The molecule has 1 amide bonds. The molecule has 0 bridgehead atoms. The quantitative estimate of drug-likeness (QED) is 0.548. The SMILES string of the molecule is CO/N=C/[C@@H]1CCN(c2ncccn2)C1=O. The Labute approximate surface area is 92.9 Å². The Hall–Kier alpha value is -1.98. The lowest BCUT2D eigenvalue weighted by molar-refractivity contribution is -0.118. The van der Waals surface area contributed by atoms with Gasteiger partial charge in [0.05, 0.1) is 12.1 Å². The van der Waals surface area contributed by atoms with Crippen LogP contribution in [-0.2, 0) is 9.63 Å². The van der Waals surface area contributed by atoms with Crippen molar-refractivity contribution in [3.63, 3.8) is 0 Å². The van der Waals surface area contributed by atoms with Gasteiger partial charge in [0.2, 0.25) is 11.9 Å². The Morgan fingerprint density at radius 2 is 2.31 bits per heavy atom. The van der Waals surface area contributed by atoms with Gasteiger partial charge >= 0.3 is 0 Å². The lowest BCUT2D eigenvalue weighted by Crippen LogP contribution is -2.29. The zero-order chi connectivity index (χ0) is 11.4. The van der Waals surface area contributed by atoms with Crippen molar-refractivity contribution in [1.82, 2.24) is 9.97 Å². The fraction of sp³-hybridized carbons (Fsp3) is 0.400. The number of aromatic nitrogens is 2. The van der Waals surface area contributed by atoms with E-state index in [0.29, 0.717) is 18.9 Å². The molecule has 1 aliphatic rings. The maximum atomic E-state index is 11.9. The van der Waals surface area contributed by atoms with E-state index < -0.39 is 0 Å². The van der Waals surface area contributed by atoms with Crippen LogP contribution in [-0.4, -0.2) is 35.7 Å². The van der Waals surface area contributed by atoms with Crippen LogP contribution in [0.2, 0.25) is 0 Å². The van der Waals surface area contributed by atoms with Crippen LogP contribution in [0.5, 0.6) is 0 Å². The second kappa shape index (κ2) is 4.69. The molecule has 0 spiro atoms. The number of amides is 1. The summed E-state index contributed by atoms with van der Waals surface area (Å²) in [7, 11) is 1.45. The fourth-order valence-corrected chi connectivity index (χ4v) is 1.60. The second-order valence-electron chi connectivity index (χ2n) is 3.37. The van der Waals surface area contributed by atoms with Gasteiger partial charge in [0.25, 0.3) is 0 Å². The van der Waals surface area contributed by atoms with E-state index in [4.69, 9.17) is 0 Å². The number of hydrogen-bond donors (Lipinski definition) is 0. The lowest BCUT2D eigenvalue weighted by Gasteiger charge is -2.12. The first-order chi connectivity index (χ1) is 7.83. The molecule has 1 aromatic rings. The van der Waals surface area contributed by atoms with Gasteiger partial charge in [-0.1, -0.05) is 5.16 Å². The van der Waals surface area contributed by atoms with Crippen molar-refractivity contribution >= 4 is 18.1 Å². The minimum absolute atomic E-state index is 0.0352. The smallest absolute Gasteiger partial charge is 0.238 e. The first kappa shape index (κ1) is 10.5. The summed E-state index contributed by atoms with van der Waals surface area (Å²) in [5, 5.41) is 3.62. The van der Waals surface area contributed by atoms with Gasteiger partial charge in [-0.05, 0) is 12.5 Å². The van der Waals surface area contributed by atoms with Gasteiger partial charge in [-0.3, -0.25) is 9.69 Å². The second-order valence-corrected chi connectivity index (χ2v) is 3.37. The number of rotatable bonds is 3. The highest BCUT2D eigenvalue weighted by Gasteiger charge is 2.32. The van der Waals surface area contributed by atoms with Crippen LogP contribution in [0.4, 0.5) is 5.95 Å². The molecule has 1 fully saturated rings. The van der Waals surface area contributed by atoms with E-state index in [2.05, 4.69) is 20.0 Å². The third-order valence-corrected chi connectivity index (χ3v) is 2.39. The molecule has 0 aliphatic carbocycles. The summed E-state index contributed by atoms with van der Waals surface area (Å²) in [4.78, 5) is 26.1. The number of hydrogen-bond acceptors (Lipinski definition) is 5. The molecule has 1 atom stereocenters. The van der Waals surface area contributed by atoms with Crippen LogP contribution < -0.4 is 4.90 Å². The third-order valence-electron chi connectivity index (χ3n) is 2.39. The molecule has 0 unspecified atom stereocenters. The molecule has 6 heteroatoms. The minimum Gasteiger partial charge on any atom is -0.399 e. The Morgan fingerprint density at radius 1 is 1.56 bits per heavy atom. The molecule has 1 aromatic heterocycles. The predicted octanol–water partition coefficient (Wildman–Crippen LogP) is 0.462. The van der Waals surface area contributed by atoms with Gasteiger partial charge < -0.3 is 4.84 Å². The largest absolute Gasteiger partial charge is 0.399 e. The van der Waals surface area contributed by atoms with Crippen LogP contribution in [0, 0.1) is 5.92 Å². The van der Waals surface area contributed by atoms with Gasteiger partial charge in [0.1, 0.15) is 7.11 Å². The zero-order valence-corrected chi connectivity index (χ0v) is 8.91. The number of carbonyl (C=O) groups excluding carboxylic acids is 1. The molecule has 16 heavy (non-hydrogen) atoms. The Morgan fingerprint density at radius 3 is 3.00 bits per heavy atom. The zero-order valence-electron chi connectivity index (χ0n) is 8.91. The number of nitrogens with zero attached hydrogens (tertiary/aromatic N) is 4. The molecule has 0 saturated carbocycles. The van der Waals surface area contributed by atoms with Gasteiger partial charge in [0.15, 0.2) is 0 Å². The molecule has 2 rings (SSSR count). The standard InChI is InChI=1S/C10H12N4O2/c1-16-13-7-8-3-6-14(9(8)15)10-11-4-2-5-12-10/h2,4-5,7-8H,3,6H2,1H3/b13-7+/t8-/m0/s1. The normalized spacial score (nSPS) is 20.7. The fourth-order valence-electron chi connectivity index (χ4n) is 1.60. The van der Waals surface area contributed by atoms with Crippen LogP contribution >= 0.6 is 0 Å². The van der Waals surface area contributed by atoms with Gasteiger partial charge in [-0.25, -0.2) is 9.97 Å². The van der Waals surface area contributed by atoms with E-state index in [1.165, 1.54) is 13.3 Å². The van der Waals surface area contributed by atoms with Crippen molar-refractivity contribution in [1.29, 1.82) is 0 Å². The van der Waals surface area contributed by atoms with Gasteiger partial charge in [-0.15, -0.1) is 0 Å². The maximum Gasteiger partial charge on any atom is 0.238 e. The maximum absolute atomic E-state index is 11.9. The third kappa shape index (κ3) is 2.00. The van der Waals surface area contributed by atoms with Crippen molar-refractivity contribution in [2.24, 2.45) is 11.1 Å².